The van der Waals surface area contributed by atoms with Gasteiger partial charge in [0, 0.05) is 12.2 Å². The molecule has 0 aliphatic heterocycles. The van der Waals surface area contributed by atoms with Gasteiger partial charge in [-0.25, -0.2) is 4.98 Å². The van der Waals surface area contributed by atoms with Crippen molar-refractivity contribution in [3.63, 3.8) is 0 Å². The van der Waals surface area contributed by atoms with Gasteiger partial charge in [0.05, 0.1) is 5.39 Å². The van der Waals surface area contributed by atoms with Crippen LogP contribution in [-0.2, 0) is 0 Å². The van der Waals surface area contributed by atoms with Gasteiger partial charge in [-0.15, -0.1) is 0 Å². The third kappa shape index (κ3) is 3.77. The molecule has 0 aromatic carbocycles. The predicted molar refractivity (Wildman–Crippen MR) is 93.7 cm³/mol. The lowest BCUT2D eigenvalue weighted by Gasteiger charge is -2.23. The number of nitrogens with zero attached hydrogens (tertiary/aromatic N) is 3. The molecule has 0 saturated heterocycles. The second-order valence-corrected chi connectivity index (χ2v) is 11.4. The third-order valence-corrected chi connectivity index (χ3v) is 6.48. The minimum atomic E-state index is -1.54. The standard InChI is InChI=1S/C15H25ClN4Si/c1-6-7-10-21(4,5)19-15-17-13(16)12-8-9-20(11(2)3)14(12)18-15/h8-9,11H,6-7,10H2,1-5H3,(H,17,18,19). The number of unbranched alkanes of at least 4 members (excludes halogenated alkanes) is 1. The molecular formula is C15H25ClN4Si. The molecule has 2 aromatic rings. The maximum atomic E-state index is 6.32. The average molecular weight is 325 g/mol. The molecule has 0 radical (unpaired) electrons. The predicted octanol–water partition coefficient (Wildman–Crippen LogP) is 5.08. The van der Waals surface area contributed by atoms with Gasteiger partial charge < -0.3 is 9.55 Å². The summed E-state index contributed by atoms with van der Waals surface area (Å²) < 4.78 is 2.13. The summed E-state index contributed by atoms with van der Waals surface area (Å²) in [6, 6.07) is 3.56. The molecular weight excluding hydrogens is 300 g/mol. The summed E-state index contributed by atoms with van der Waals surface area (Å²) in [4.78, 5) is 12.7. The number of halogens is 1. The van der Waals surface area contributed by atoms with E-state index in [0.717, 1.165) is 11.0 Å². The SMILES string of the molecule is CCCC[Si](C)(C)Nc1nc(Cl)c2ccn(C(C)C)c2n1. The molecule has 0 amide bonds. The van der Waals surface area contributed by atoms with Crippen LogP contribution in [0.5, 0.6) is 0 Å². The van der Waals surface area contributed by atoms with E-state index >= 15 is 0 Å². The van der Waals surface area contributed by atoms with E-state index in [2.05, 4.69) is 48.4 Å². The summed E-state index contributed by atoms with van der Waals surface area (Å²) >= 11 is 6.32. The molecule has 0 fully saturated rings. The van der Waals surface area contributed by atoms with Crippen LogP contribution in [0.4, 0.5) is 5.95 Å². The van der Waals surface area contributed by atoms with Crippen molar-refractivity contribution in [3.8, 4) is 0 Å². The Morgan fingerprint density at radius 1 is 1.33 bits per heavy atom. The molecule has 2 rings (SSSR count). The quantitative estimate of drug-likeness (QED) is 0.595. The Morgan fingerprint density at radius 2 is 2.05 bits per heavy atom. The minimum absolute atomic E-state index is 0.353. The fourth-order valence-electron chi connectivity index (χ4n) is 2.45. The first kappa shape index (κ1) is 16.3. The van der Waals surface area contributed by atoms with Crippen molar-refractivity contribution in [3.05, 3.63) is 17.4 Å². The van der Waals surface area contributed by atoms with Gasteiger partial charge in [0.25, 0.3) is 0 Å². The Bertz CT molecular complexity index is 621. The maximum absolute atomic E-state index is 6.32. The molecule has 21 heavy (non-hydrogen) atoms. The molecule has 0 atom stereocenters. The second-order valence-electron chi connectivity index (χ2n) is 6.50. The van der Waals surface area contributed by atoms with Crippen LogP contribution in [0.2, 0.25) is 24.3 Å². The van der Waals surface area contributed by atoms with Gasteiger partial charge in [0.2, 0.25) is 5.95 Å². The van der Waals surface area contributed by atoms with Gasteiger partial charge in [-0.05, 0) is 26.0 Å². The Balaban J connectivity index is 2.34. The summed E-state index contributed by atoms with van der Waals surface area (Å²) in [5.41, 5.74) is 0.910. The molecule has 0 spiro atoms. The zero-order chi connectivity index (χ0) is 15.6. The molecule has 0 unspecified atom stereocenters. The second kappa shape index (κ2) is 6.36. The summed E-state index contributed by atoms with van der Waals surface area (Å²) in [6.07, 6.45) is 4.48. The number of fused-ring (bicyclic) bond motifs is 1. The number of rotatable bonds is 6. The zero-order valence-electron chi connectivity index (χ0n) is 13.6. The van der Waals surface area contributed by atoms with Crippen molar-refractivity contribution < 1.29 is 0 Å². The number of hydrogen-bond acceptors (Lipinski definition) is 3. The van der Waals surface area contributed by atoms with Crippen LogP contribution in [0.25, 0.3) is 11.0 Å². The van der Waals surface area contributed by atoms with Crippen molar-refractivity contribution in [2.24, 2.45) is 0 Å². The Hall–Kier alpha value is -1.07. The smallest absolute Gasteiger partial charge is 0.218 e. The number of hydrogen-bond donors (Lipinski definition) is 1. The van der Waals surface area contributed by atoms with Crippen LogP contribution in [0.15, 0.2) is 12.3 Å². The highest BCUT2D eigenvalue weighted by molar-refractivity contribution is 6.80. The van der Waals surface area contributed by atoms with Crippen LogP contribution < -0.4 is 4.98 Å². The largest absolute Gasteiger partial charge is 0.380 e. The lowest BCUT2D eigenvalue weighted by Crippen LogP contribution is -2.37. The first-order valence-corrected chi connectivity index (χ1v) is 11.2. The summed E-state index contributed by atoms with van der Waals surface area (Å²) in [5, 5.41) is 1.45. The molecule has 2 heterocycles. The highest BCUT2D eigenvalue weighted by atomic mass is 35.5. The van der Waals surface area contributed by atoms with E-state index in [4.69, 9.17) is 16.6 Å². The lowest BCUT2D eigenvalue weighted by atomic mass is 10.4. The van der Waals surface area contributed by atoms with Crippen molar-refractivity contribution in [1.82, 2.24) is 14.5 Å². The van der Waals surface area contributed by atoms with E-state index in [1.807, 2.05) is 12.3 Å². The molecule has 116 valence electrons. The van der Waals surface area contributed by atoms with Crippen LogP contribution in [0.3, 0.4) is 0 Å². The third-order valence-electron chi connectivity index (χ3n) is 3.69. The van der Waals surface area contributed by atoms with Gasteiger partial charge in [0.1, 0.15) is 10.8 Å². The molecule has 4 nitrogen and oxygen atoms in total. The van der Waals surface area contributed by atoms with Gasteiger partial charge in [-0.3, -0.25) is 0 Å². The molecule has 0 bridgehead atoms. The van der Waals surface area contributed by atoms with Crippen LogP contribution in [0.1, 0.15) is 39.7 Å². The summed E-state index contributed by atoms with van der Waals surface area (Å²) in [7, 11) is -1.54. The van der Waals surface area contributed by atoms with Crippen molar-refractivity contribution in [1.29, 1.82) is 0 Å². The Labute approximate surface area is 133 Å². The Morgan fingerprint density at radius 3 is 2.67 bits per heavy atom. The van der Waals surface area contributed by atoms with E-state index in [-0.39, 0.29) is 0 Å². The lowest BCUT2D eigenvalue weighted by molar-refractivity contribution is 0.618. The number of nitrogens with one attached hydrogen (secondary N) is 1. The molecule has 1 N–H and O–H groups in total. The fraction of sp³-hybridized carbons (Fsp3) is 0.600. The van der Waals surface area contributed by atoms with Crippen LogP contribution >= 0.6 is 11.6 Å². The van der Waals surface area contributed by atoms with Crippen molar-refractivity contribution in [2.75, 3.05) is 4.98 Å². The zero-order valence-corrected chi connectivity index (χ0v) is 15.3. The van der Waals surface area contributed by atoms with Crippen molar-refractivity contribution >= 4 is 36.8 Å². The van der Waals surface area contributed by atoms with Gasteiger partial charge in [0.15, 0.2) is 8.24 Å². The first-order valence-electron chi connectivity index (χ1n) is 7.66. The van der Waals surface area contributed by atoms with Crippen LogP contribution in [-0.4, -0.2) is 22.8 Å². The highest BCUT2D eigenvalue weighted by Crippen LogP contribution is 2.26. The van der Waals surface area contributed by atoms with E-state index in [9.17, 15) is 0 Å². The van der Waals surface area contributed by atoms with E-state index < -0.39 is 8.24 Å². The minimum Gasteiger partial charge on any atom is -0.380 e. The number of anilines is 1. The monoisotopic (exact) mass is 324 g/mol. The Kier molecular flexibility index (Phi) is 4.94. The van der Waals surface area contributed by atoms with Gasteiger partial charge in [-0.2, -0.15) is 4.98 Å². The summed E-state index contributed by atoms with van der Waals surface area (Å²) in [5.74, 6) is 0.667. The molecule has 0 saturated carbocycles. The molecule has 0 aliphatic carbocycles. The van der Waals surface area contributed by atoms with E-state index in [0.29, 0.717) is 17.1 Å². The van der Waals surface area contributed by atoms with Gasteiger partial charge >= 0.3 is 0 Å². The van der Waals surface area contributed by atoms with Gasteiger partial charge in [-0.1, -0.05) is 44.5 Å². The summed E-state index contributed by atoms with van der Waals surface area (Å²) in [6.45, 7) is 11.1. The fourth-order valence-corrected chi connectivity index (χ4v) is 4.76. The molecule has 0 aliphatic rings. The topological polar surface area (TPSA) is 42.7 Å². The number of aromatic nitrogens is 3. The van der Waals surface area contributed by atoms with E-state index in [1.54, 1.807) is 0 Å². The first-order chi connectivity index (χ1) is 9.84. The maximum Gasteiger partial charge on any atom is 0.218 e. The highest BCUT2D eigenvalue weighted by Gasteiger charge is 2.22. The molecule has 6 heteroatoms. The van der Waals surface area contributed by atoms with E-state index in [1.165, 1.54) is 18.9 Å². The van der Waals surface area contributed by atoms with Crippen LogP contribution in [0, 0.1) is 0 Å². The molecule has 2 aromatic heterocycles. The van der Waals surface area contributed by atoms with Crippen molar-refractivity contribution in [2.45, 2.75) is 58.8 Å². The average Bonchev–Trinajstić information content (AvgIpc) is 2.80. The normalized spacial score (nSPS) is 12.3.